The van der Waals surface area contributed by atoms with Gasteiger partial charge in [-0.05, 0) is 29.7 Å². The molecule has 1 aliphatic rings. The van der Waals surface area contributed by atoms with E-state index in [1.165, 1.54) is 5.06 Å². The summed E-state index contributed by atoms with van der Waals surface area (Å²) in [6.45, 7) is 0. The van der Waals surface area contributed by atoms with Crippen molar-refractivity contribution in [1.29, 1.82) is 0 Å². The van der Waals surface area contributed by atoms with Crippen LogP contribution in [0.2, 0.25) is 0 Å². The zero-order chi connectivity index (χ0) is 23.4. The first-order valence-electron chi connectivity index (χ1n) is 10.4. The molecule has 0 fully saturated rings. The molecule has 1 aliphatic heterocycles. The van der Waals surface area contributed by atoms with E-state index >= 15 is 0 Å². The average Bonchev–Trinajstić information content (AvgIpc) is 3.48. The number of oxazole rings is 1. The Morgan fingerprint density at radius 2 is 1.56 bits per heavy atom. The lowest BCUT2D eigenvalue weighted by Gasteiger charge is -2.35. The summed E-state index contributed by atoms with van der Waals surface area (Å²) in [5.74, 6) is 0.880. The largest absolute Gasteiger partial charge is 0.423 e. The number of nitrogens with zero attached hydrogens (tertiary/aromatic N) is 2. The number of aromatic nitrogens is 1. The fourth-order valence-electron chi connectivity index (χ4n) is 3.45. The van der Waals surface area contributed by atoms with E-state index in [4.69, 9.17) is 8.70 Å². The first-order valence-corrected chi connectivity index (χ1v) is 13.7. The fourth-order valence-corrected chi connectivity index (χ4v) is 6.91. The van der Waals surface area contributed by atoms with Gasteiger partial charge in [0, 0.05) is 16.7 Å². The molecule has 5 rings (SSSR count). The van der Waals surface area contributed by atoms with Crippen molar-refractivity contribution in [2.24, 2.45) is 0 Å². The van der Waals surface area contributed by atoms with E-state index in [9.17, 15) is 8.42 Å². The van der Waals surface area contributed by atoms with Crippen molar-refractivity contribution in [3.8, 4) is 11.3 Å². The van der Waals surface area contributed by atoms with Crippen LogP contribution in [0.5, 0.6) is 0 Å². The molecule has 0 unspecified atom stereocenters. The second-order valence-electron chi connectivity index (χ2n) is 7.43. The van der Waals surface area contributed by atoms with Crippen molar-refractivity contribution in [1.82, 2.24) is 10.0 Å². The van der Waals surface area contributed by atoms with Crippen LogP contribution in [-0.4, -0.2) is 24.3 Å². The molecule has 0 aliphatic carbocycles. The van der Waals surface area contributed by atoms with Crippen LogP contribution in [0.1, 0.15) is 0 Å². The second-order valence-corrected chi connectivity index (χ2v) is 11.5. The summed E-state index contributed by atoms with van der Waals surface area (Å²) in [5.41, 5.74) is 1.33. The minimum absolute atomic E-state index is 0.246. The zero-order valence-corrected chi connectivity index (χ0v) is 19.6. The van der Waals surface area contributed by atoms with Gasteiger partial charge in [-0.1, -0.05) is 76.9 Å². The Balaban J connectivity index is 1.37. The minimum atomic E-state index is -4.08. The van der Waals surface area contributed by atoms with Crippen molar-refractivity contribution in [3.63, 3.8) is 0 Å². The lowest BCUT2D eigenvalue weighted by atomic mass is 10.2. The van der Waals surface area contributed by atoms with Crippen molar-refractivity contribution >= 4 is 32.2 Å². The molecule has 0 saturated heterocycles. The van der Waals surface area contributed by atoms with Crippen LogP contribution in [0, 0.1) is 0 Å². The Morgan fingerprint density at radius 1 is 0.912 bits per heavy atom. The van der Waals surface area contributed by atoms with Gasteiger partial charge in [-0.3, -0.25) is 9.44 Å². The molecule has 10 heteroatoms. The third-order valence-electron chi connectivity index (χ3n) is 5.00. The Labute approximate surface area is 199 Å². The van der Waals surface area contributed by atoms with E-state index in [2.05, 4.69) is 14.4 Å². The van der Waals surface area contributed by atoms with Crippen molar-refractivity contribution in [2.75, 3.05) is 15.3 Å². The number of benzene rings is 3. The summed E-state index contributed by atoms with van der Waals surface area (Å²) in [7, 11) is -6.02. The van der Waals surface area contributed by atoms with Crippen LogP contribution in [-0.2, 0) is 14.6 Å². The number of anilines is 2. The van der Waals surface area contributed by atoms with Crippen molar-refractivity contribution in [3.05, 3.63) is 109 Å². The number of hydrogen-bond donors (Lipinski definition) is 2. The van der Waals surface area contributed by atoms with Gasteiger partial charge in [-0.25, -0.2) is 10.0 Å². The van der Waals surface area contributed by atoms with Crippen LogP contribution in [0.25, 0.3) is 11.3 Å². The summed E-state index contributed by atoms with van der Waals surface area (Å²) in [5, 5.41) is 3.20. The molecule has 1 aromatic heterocycles. The highest BCUT2D eigenvalue weighted by molar-refractivity contribution is 8.37. The highest BCUT2D eigenvalue weighted by Crippen LogP contribution is 2.59. The number of nitrogens with one attached hydrogen (secondary N) is 2. The molecule has 34 heavy (non-hydrogen) atoms. The predicted octanol–water partition coefficient (Wildman–Crippen LogP) is 5.57. The first-order chi connectivity index (χ1) is 16.5. The number of para-hydroxylation sites is 1. The van der Waals surface area contributed by atoms with Crippen LogP contribution in [0.3, 0.4) is 0 Å². The highest BCUT2D eigenvalue weighted by Gasteiger charge is 2.34. The maximum Gasteiger partial charge on any atom is 0.381 e. The maximum absolute atomic E-state index is 12.6. The average molecular weight is 495 g/mol. The van der Waals surface area contributed by atoms with Crippen molar-refractivity contribution < 1.29 is 17.1 Å². The van der Waals surface area contributed by atoms with E-state index < -0.39 is 20.5 Å². The minimum Gasteiger partial charge on any atom is -0.423 e. The number of rotatable bonds is 8. The molecule has 174 valence electrons. The molecule has 0 saturated carbocycles. The molecule has 8 nitrogen and oxygen atoms in total. The Morgan fingerprint density at radius 3 is 2.26 bits per heavy atom. The predicted molar refractivity (Wildman–Crippen MR) is 134 cm³/mol. The quantitative estimate of drug-likeness (QED) is 0.331. The monoisotopic (exact) mass is 494 g/mol. The third-order valence-corrected chi connectivity index (χ3v) is 8.77. The van der Waals surface area contributed by atoms with Gasteiger partial charge in [0.1, 0.15) is 0 Å². The third kappa shape index (κ3) is 4.93. The fraction of sp³-hybridized carbons (Fsp3) is 0.0417. The summed E-state index contributed by atoms with van der Waals surface area (Å²) >= 11 is 0. The SMILES string of the molecule is O=S(=O)(Nc1ccccc1)ON1C=C[S@](Nc2ncc(-c3ccccc3)o2)(c2ccccc2)C1. The van der Waals surface area contributed by atoms with Gasteiger partial charge in [0.15, 0.2) is 5.76 Å². The highest BCUT2D eigenvalue weighted by atomic mass is 32.3. The van der Waals surface area contributed by atoms with E-state index in [0.717, 1.165) is 10.5 Å². The van der Waals surface area contributed by atoms with Crippen LogP contribution in [0.4, 0.5) is 11.7 Å². The van der Waals surface area contributed by atoms with Gasteiger partial charge >= 0.3 is 16.3 Å². The first kappa shape index (κ1) is 22.1. The molecule has 2 heterocycles. The molecular formula is C24H22N4O4S2. The van der Waals surface area contributed by atoms with Gasteiger partial charge in [0.05, 0.1) is 17.8 Å². The van der Waals surface area contributed by atoms with Crippen LogP contribution >= 0.6 is 10.2 Å². The normalized spacial score (nSPS) is 17.6. The van der Waals surface area contributed by atoms with E-state index in [1.807, 2.05) is 66.1 Å². The molecule has 0 amide bonds. The molecule has 0 spiro atoms. The zero-order valence-electron chi connectivity index (χ0n) is 17.9. The summed E-state index contributed by atoms with van der Waals surface area (Å²) < 4.78 is 42.3. The van der Waals surface area contributed by atoms with E-state index in [0.29, 0.717) is 17.5 Å². The maximum atomic E-state index is 12.6. The molecule has 1 atom stereocenters. The number of hydrogen-bond acceptors (Lipinski definition) is 7. The van der Waals surface area contributed by atoms with Gasteiger partial charge in [0.25, 0.3) is 0 Å². The smallest absolute Gasteiger partial charge is 0.381 e. The Kier molecular flexibility index (Phi) is 6.01. The lowest BCUT2D eigenvalue weighted by molar-refractivity contribution is 0.0261. The molecule has 3 aromatic carbocycles. The molecule has 4 aromatic rings. The van der Waals surface area contributed by atoms with Gasteiger partial charge in [0.2, 0.25) is 0 Å². The van der Waals surface area contributed by atoms with Gasteiger partial charge in [-0.2, -0.15) is 8.42 Å². The Hall–Kier alpha value is -3.73. The van der Waals surface area contributed by atoms with Crippen molar-refractivity contribution in [2.45, 2.75) is 4.90 Å². The second kappa shape index (κ2) is 9.26. The Bertz CT molecular complexity index is 1380. The molecule has 0 bridgehead atoms. The van der Waals surface area contributed by atoms with E-state index in [1.54, 1.807) is 42.7 Å². The summed E-state index contributed by atoms with van der Waals surface area (Å²) in [4.78, 5) is 5.38. The topological polar surface area (TPSA) is 96.7 Å². The van der Waals surface area contributed by atoms with Crippen LogP contribution in [0.15, 0.2) is 118 Å². The molecular weight excluding hydrogens is 472 g/mol. The standard InChI is InChI=1S/C24H22N4O4S2/c29-34(30,26-21-12-6-2-7-13-21)32-28-16-17-33(19-28,22-14-8-3-9-15-22)27-24-25-18-23(31-24)20-10-4-1-5-11-20/h1-18,26H,19H2,(H,25,27). The van der Waals surface area contributed by atoms with Gasteiger partial charge in [-0.15, -0.1) is 4.28 Å². The lowest BCUT2D eigenvalue weighted by Crippen LogP contribution is -2.28. The summed E-state index contributed by atoms with van der Waals surface area (Å²) in [6, 6.07) is 28.4. The summed E-state index contributed by atoms with van der Waals surface area (Å²) in [6.07, 6.45) is 3.28. The van der Waals surface area contributed by atoms with Crippen LogP contribution < -0.4 is 9.44 Å². The number of hydroxylamine groups is 2. The molecule has 0 radical (unpaired) electrons. The van der Waals surface area contributed by atoms with E-state index in [-0.39, 0.29) is 5.88 Å². The molecule has 2 N–H and O–H groups in total. The van der Waals surface area contributed by atoms with Gasteiger partial charge < -0.3 is 4.42 Å².